The van der Waals surface area contributed by atoms with Crippen LogP contribution in [0.1, 0.15) is 21.5 Å². The van der Waals surface area contributed by atoms with Crippen molar-refractivity contribution in [3.63, 3.8) is 0 Å². The summed E-state index contributed by atoms with van der Waals surface area (Å²) in [5.41, 5.74) is 0.990. The number of benzene rings is 3. The van der Waals surface area contributed by atoms with Crippen molar-refractivity contribution in [2.24, 2.45) is 0 Å². The van der Waals surface area contributed by atoms with Crippen LogP contribution in [-0.4, -0.2) is 14.3 Å². The van der Waals surface area contributed by atoms with Crippen molar-refractivity contribution in [2.45, 2.75) is 18.4 Å². The molecule has 1 amide bonds. The van der Waals surface area contributed by atoms with Crippen LogP contribution in [0.5, 0.6) is 0 Å². The van der Waals surface area contributed by atoms with Gasteiger partial charge in [-0.3, -0.25) is 9.52 Å². The van der Waals surface area contributed by atoms with Crippen molar-refractivity contribution in [2.75, 3.05) is 4.72 Å². The van der Waals surface area contributed by atoms with Gasteiger partial charge in [0, 0.05) is 12.1 Å². The molecule has 0 bridgehead atoms. The predicted molar refractivity (Wildman–Crippen MR) is 106 cm³/mol. The number of carbonyl (C=O) groups excluding carboxylic acids is 1. The number of aryl methyl sites for hydroxylation is 1. The number of hydrogen-bond donors (Lipinski definition) is 2. The molecule has 2 N–H and O–H groups in total. The normalized spacial score (nSPS) is 11.1. The molecule has 0 atom stereocenters. The van der Waals surface area contributed by atoms with Crippen LogP contribution in [0.4, 0.5) is 14.5 Å². The Bertz CT molecular complexity index is 1160. The van der Waals surface area contributed by atoms with Gasteiger partial charge in [0.05, 0.1) is 10.6 Å². The largest absolute Gasteiger partial charge is 0.348 e. The van der Waals surface area contributed by atoms with Gasteiger partial charge in [-0.2, -0.15) is 0 Å². The number of sulfonamides is 1. The minimum atomic E-state index is -4.09. The first kappa shape index (κ1) is 20.5. The topological polar surface area (TPSA) is 75.3 Å². The highest BCUT2D eigenvalue weighted by atomic mass is 32.2. The van der Waals surface area contributed by atoms with Gasteiger partial charge < -0.3 is 5.32 Å². The van der Waals surface area contributed by atoms with E-state index in [2.05, 4.69) is 10.0 Å². The summed E-state index contributed by atoms with van der Waals surface area (Å²) < 4.78 is 54.6. The first-order valence-electron chi connectivity index (χ1n) is 8.67. The van der Waals surface area contributed by atoms with Gasteiger partial charge in [0.25, 0.3) is 15.9 Å². The van der Waals surface area contributed by atoms with Crippen LogP contribution < -0.4 is 10.0 Å². The molecular weight excluding hydrogens is 398 g/mol. The number of rotatable bonds is 6. The van der Waals surface area contributed by atoms with E-state index in [0.717, 1.165) is 6.07 Å². The quantitative estimate of drug-likeness (QED) is 0.638. The first-order valence-corrected chi connectivity index (χ1v) is 10.2. The maximum atomic E-state index is 13.7. The van der Waals surface area contributed by atoms with Crippen molar-refractivity contribution < 1.29 is 22.0 Å². The van der Waals surface area contributed by atoms with Crippen LogP contribution in [-0.2, 0) is 16.6 Å². The number of nitrogens with one attached hydrogen (secondary N) is 2. The molecular formula is C21H18F2N2O3S. The highest BCUT2D eigenvalue weighted by Crippen LogP contribution is 2.19. The lowest BCUT2D eigenvalue weighted by molar-refractivity contribution is 0.0950. The van der Waals surface area contributed by atoms with E-state index >= 15 is 0 Å². The summed E-state index contributed by atoms with van der Waals surface area (Å²) in [6, 6.07) is 15.4. The molecule has 3 rings (SSSR count). The van der Waals surface area contributed by atoms with Crippen molar-refractivity contribution in [3.05, 3.63) is 95.1 Å². The van der Waals surface area contributed by atoms with Gasteiger partial charge in [-0.25, -0.2) is 17.2 Å². The number of para-hydroxylation sites is 1. The van der Waals surface area contributed by atoms with E-state index in [1.807, 2.05) is 0 Å². The standard InChI is InChI=1S/C21H18F2N2O3S/c1-14-9-10-15(11-19(14)23)13-24-21(26)16-5-4-6-17(12-16)29(27,28)25-20-8-3-2-7-18(20)22/h2-12,25H,13H2,1H3,(H,24,26). The van der Waals surface area contributed by atoms with E-state index < -0.39 is 21.7 Å². The Kier molecular flexibility index (Phi) is 5.93. The van der Waals surface area contributed by atoms with Crippen LogP contribution >= 0.6 is 0 Å². The Hall–Kier alpha value is -3.26. The smallest absolute Gasteiger partial charge is 0.262 e. The SMILES string of the molecule is Cc1ccc(CNC(=O)c2cccc(S(=O)(=O)Nc3ccccc3F)c2)cc1F. The Balaban J connectivity index is 1.75. The summed E-state index contributed by atoms with van der Waals surface area (Å²) >= 11 is 0. The lowest BCUT2D eigenvalue weighted by atomic mass is 10.1. The van der Waals surface area contributed by atoms with Gasteiger partial charge in [0.1, 0.15) is 11.6 Å². The molecule has 0 saturated carbocycles. The molecule has 3 aromatic carbocycles. The Morgan fingerprint density at radius 1 is 0.931 bits per heavy atom. The Labute approximate surface area is 167 Å². The van der Waals surface area contributed by atoms with Crippen molar-refractivity contribution in [1.82, 2.24) is 5.32 Å². The van der Waals surface area contributed by atoms with Gasteiger partial charge in [-0.1, -0.05) is 30.3 Å². The molecule has 0 unspecified atom stereocenters. The fraction of sp³-hybridized carbons (Fsp3) is 0.0952. The number of amides is 1. The van der Waals surface area contributed by atoms with Crippen molar-refractivity contribution >= 4 is 21.6 Å². The number of carbonyl (C=O) groups is 1. The summed E-state index contributed by atoms with van der Waals surface area (Å²) in [6.07, 6.45) is 0. The third-order valence-electron chi connectivity index (χ3n) is 4.21. The zero-order valence-corrected chi connectivity index (χ0v) is 16.3. The summed E-state index contributed by atoms with van der Waals surface area (Å²) in [5.74, 6) is -1.60. The molecule has 5 nitrogen and oxygen atoms in total. The predicted octanol–water partition coefficient (Wildman–Crippen LogP) is 4.00. The third kappa shape index (κ3) is 4.97. The van der Waals surface area contributed by atoms with Crippen LogP contribution in [0.2, 0.25) is 0 Å². The molecule has 0 aliphatic carbocycles. The van der Waals surface area contributed by atoms with Crippen LogP contribution in [0.3, 0.4) is 0 Å². The van der Waals surface area contributed by atoms with Crippen LogP contribution in [0.25, 0.3) is 0 Å². The van der Waals surface area contributed by atoms with Crippen LogP contribution in [0.15, 0.2) is 71.6 Å². The van der Waals surface area contributed by atoms with Crippen molar-refractivity contribution in [3.8, 4) is 0 Å². The average molecular weight is 416 g/mol. The molecule has 8 heteroatoms. The van der Waals surface area contributed by atoms with E-state index in [4.69, 9.17) is 0 Å². The van der Waals surface area contributed by atoms with E-state index in [1.54, 1.807) is 19.1 Å². The highest BCUT2D eigenvalue weighted by Gasteiger charge is 2.18. The molecule has 3 aromatic rings. The zero-order valence-electron chi connectivity index (χ0n) is 15.4. The van der Waals surface area contributed by atoms with Crippen molar-refractivity contribution in [1.29, 1.82) is 0 Å². The lowest BCUT2D eigenvalue weighted by Crippen LogP contribution is -2.23. The maximum Gasteiger partial charge on any atom is 0.262 e. The Morgan fingerprint density at radius 3 is 2.41 bits per heavy atom. The van der Waals surface area contributed by atoms with Gasteiger partial charge >= 0.3 is 0 Å². The summed E-state index contributed by atoms with van der Waals surface area (Å²) in [6.45, 7) is 1.72. The lowest BCUT2D eigenvalue weighted by Gasteiger charge is -2.10. The minimum absolute atomic E-state index is 0.0838. The summed E-state index contributed by atoms with van der Waals surface area (Å²) in [4.78, 5) is 12.2. The summed E-state index contributed by atoms with van der Waals surface area (Å²) in [7, 11) is -4.09. The molecule has 0 saturated heterocycles. The molecule has 0 fully saturated rings. The van der Waals surface area contributed by atoms with E-state index in [9.17, 15) is 22.0 Å². The van der Waals surface area contributed by atoms with E-state index in [1.165, 1.54) is 48.5 Å². The highest BCUT2D eigenvalue weighted by molar-refractivity contribution is 7.92. The minimum Gasteiger partial charge on any atom is -0.348 e. The number of hydrogen-bond acceptors (Lipinski definition) is 3. The number of halogens is 2. The third-order valence-corrected chi connectivity index (χ3v) is 5.58. The molecule has 0 aliphatic heterocycles. The van der Waals surface area contributed by atoms with Gasteiger partial charge in [0.15, 0.2) is 0 Å². The molecule has 29 heavy (non-hydrogen) atoms. The average Bonchev–Trinajstić information content (AvgIpc) is 2.70. The molecule has 0 aliphatic rings. The first-order chi connectivity index (χ1) is 13.8. The van der Waals surface area contributed by atoms with Gasteiger partial charge in [-0.15, -0.1) is 0 Å². The van der Waals surface area contributed by atoms with Crippen LogP contribution in [0, 0.1) is 18.6 Å². The summed E-state index contributed by atoms with van der Waals surface area (Å²) in [5, 5.41) is 2.62. The molecule has 0 radical (unpaired) electrons. The Morgan fingerprint density at radius 2 is 1.69 bits per heavy atom. The molecule has 0 aromatic heterocycles. The molecule has 0 spiro atoms. The second kappa shape index (κ2) is 8.40. The fourth-order valence-corrected chi connectivity index (χ4v) is 3.70. The molecule has 0 heterocycles. The van der Waals surface area contributed by atoms with E-state index in [-0.39, 0.29) is 28.5 Å². The fourth-order valence-electron chi connectivity index (χ4n) is 2.58. The maximum absolute atomic E-state index is 13.7. The number of anilines is 1. The van der Waals surface area contributed by atoms with Gasteiger partial charge in [-0.05, 0) is 54.4 Å². The second-order valence-corrected chi connectivity index (χ2v) is 8.06. The zero-order chi connectivity index (χ0) is 21.0. The molecule has 150 valence electrons. The second-order valence-electron chi connectivity index (χ2n) is 6.38. The van der Waals surface area contributed by atoms with E-state index in [0.29, 0.717) is 11.1 Å². The monoisotopic (exact) mass is 416 g/mol. The van der Waals surface area contributed by atoms with Gasteiger partial charge in [0.2, 0.25) is 0 Å².